The average Bonchev–Trinajstić information content (AvgIpc) is 3.11. The molecule has 0 bridgehead atoms. The second kappa shape index (κ2) is 7.00. The first-order valence-electron chi connectivity index (χ1n) is 8.26. The van der Waals surface area contributed by atoms with Crippen molar-refractivity contribution in [3.63, 3.8) is 0 Å². The summed E-state index contributed by atoms with van der Waals surface area (Å²) in [5.41, 5.74) is 2.80. The van der Waals surface area contributed by atoms with Crippen molar-refractivity contribution in [2.24, 2.45) is 5.10 Å². The third-order valence-corrected chi connectivity index (χ3v) is 7.37. The lowest BCUT2D eigenvalue weighted by atomic mass is 10.2. The van der Waals surface area contributed by atoms with Crippen LogP contribution in [0.25, 0.3) is 0 Å². The van der Waals surface area contributed by atoms with Crippen LogP contribution in [0.3, 0.4) is 0 Å². The van der Waals surface area contributed by atoms with Gasteiger partial charge >= 0.3 is 5.97 Å². The Kier molecular flexibility index (Phi) is 5.07. The van der Waals surface area contributed by atoms with E-state index in [1.165, 1.54) is 30.4 Å². The topological polar surface area (TPSA) is 62.2 Å². The van der Waals surface area contributed by atoms with Crippen LogP contribution in [0.4, 0.5) is 5.69 Å². The summed E-state index contributed by atoms with van der Waals surface area (Å²) in [7, 11) is 1.90. The molecule has 2 aliphatic rings. The van der Waals surface area contributed by atoms with Crippen LogP contribution < -0.4 is 5.01 Å². The standard InChI is InChI=1S/C18H21N3O3S2/c1-6-24-17(23)15-12(3)20(5)18(25-15)21(19-16(26-18)13(4)22)14-9-7-11(2)8-10-14/h7-10H,6H2,1-5H3. The molecule has 0 amide bonds. The molecule has 1 aromatic rings. The van der Waals surface area contributed by atoms with Crippen molar-refractivity contribution in [1.29, 1.82) is 0 Å². The van der Waals surface area contributed by atoms with E-state index in [1.807, 2.05) is 55.1 Å². The van der Waals surface area contributed by atoms with Gasteiger partial charge in [-0.05, 0) is 44.7 Å². The predicted molar refractivity (Wildman–Crippen MR) is 107 cm³/mol. The summed E-state index contributed by atoms with van der Waals surface area (Å²) < 4.78 is 4.44. The fourth-order valence-corrected chi connectivity index (χ4v) is 5.57. The van der Waals surface area contributed by atoms with Crippen molar-refractivity contribution < 1.29 is 14.3 Å². The third kappa shape index (κ3) is 3.01. The van der Waals surface area contributed by atoms with Crippen molar-refractivity contribution >= 4 is 46.0 Å². The van der Waals surface area contributed by atoms with Gasteiger partial charge in [-0.2, -0.15) is 5.10 Å². The van der Waals surface area contributed by atoms with Gasteiger partial charge in [0.25, 0.3) is 0 Å². The number of hydrazone groups is 1. The van der Waals surface area contributed by atoms with Crippen LogP contribution in [0.2, 0.25) is 0 Å². The number of benzene rings is 1. The van der Waals surface area contributed by atoms with Gasteiger partial charge in [0.2, 0.25) is 4.33 Å². The molecule has 0 saturated carbocycles. The minimum atomic E-state index is -0.761. The Morgan fingerprint density at radius 3 is 2.42 bits per heavy atom. The number of carbonyl (C=O) groups excluding carboxylic acids is 2. The molecule has 138 valence electrons. The molecular formula is C18H21N3O3S2. The first kappa shape index (κ1) is 18.8. The Morgan fingerprint density at radius 2 is 1.85 bits per heavy atom. The van der Waals surface area contributed by atoms with Crippen LogP contribution in [0.1, 0.15) is 26.3 Å². The van der Waals surface area contributed by atoms with Crippen molar-refractivity contribution in [1.82, 2.24) is 4.90 Å². The molecule has 0 saturated heterocycles. The quantitative estimate of drug-likeness (QED) is 0.728. The predicted octanol–water partition coefficient (Wildman–Crippen LogP) is 3.54. The molecule has 0 fully saturated rings. The maximum absolute atomic E-state index is 12.4. The molecule has 2 aliphatic heterocycles. The largest absolute Gasteiger partial charge is 0.462 e. The summed E-state index contributed by atoms with van der Waals surface area (Å²) >= 11 is 2.72. The fraction of sp³-hybridized carbons (Fsp3) is 0.389. The number of carbonyl (C=O) groups is 2. The summed E-state index contributed by atoms with van der Waals surface area (Å²) in [5.74, 6) is -0.445. The zero-order valence-electron chi connectivity index (χ0n) is 15.4. The maximum atomic E-state index is 12.4. The van der Waals surface area contributed by atoms with Crippen molar-refractivity contribution in [2.45, 2.75) is 32.0 Å². The summed E-state index contributed by atoms with van der Waals surface area (Å²) in [6.07, 6.45) is 0. The number of anilines is 1. The van der Waals surface area contributed by atoms with Crippen molar-refractivity contribution in [2.75, 3.05) is 18.7 Å². The Morgan fingerprint density at radius 1 is 1.19 bits per heavy atom. The Bertz CT molecular complexity index is 819. The van der Waals surface area contributed by atoms with Crippen LogP contribution in [-0.2, 0) is 14.3 Å². The van der Waals surface area contributed by atoms with E-state index in [0.29, 0.717) is 16.6 Å². The molecule has 0 N–H and O–H groups in total. The van der Waals surface area contributed by atoms with Gasteiger partial charge in [0.05, 0.1) is 12.3 Å². The number of ketones is 1. The fourth-order valence-electron chi connectivity index (χ4n) is 2.69. The Balaban J connectivity index is 2.03. The number of rotatable bonds is 4. The van der Waals surface area contributed by atoms with Gasteiger partial charge in [0, 0.05) is 19.7 Å². The number of aryl methyl sites for hydroxylation is 1. The van der Waals surface area contributed by atoms with Crippen LogP contribution in [0, 0.1) is 6.92 Å². The molecule has 2 heterocycles. The van der Waals surface area contributed by atoms with E-state index in [2.05, 4.69) is 5.10 Å². The van der Waals surface area contributed by atoms with Gasteiger partial charge in [0.15, 0.2) is 10.8 Å². The van der Waals surface area contributed by atoms with Crippen LogP contribution in [0.5, 0.6) is 0 Å². The first-order chi connectivity index (χ1) is 12.3. The maximum Gasteiger partial charge on any atom is 0.346 e. The first-order valence-corrected chi connectivity index (χ1v) is 9.89. The number of Topliss-reactive ketones (excluding diaryl/α,β-unsaturated/α-hetero) is 1. The number of thioether (sulfide) groups is 2. The Labute approximate surface area is 161 Å². The molecule has 1 aromatic carbocycles. The highest BCUT2D eigenvalue weighted by molar-refractivity contribution is 8.28. The lowest BCUT2D eigenvalue weighted by Crippen LogP contribution is -2.47. The average molecular weight is 392 g/mol. The van der Waals surface area contributed by atoms with Gasteiger partial charge in [-0.3, -0.25) is 4.79 Å². The molecule has 0 aromatic heterocycles. The van der Waals surface area contributed by atoms with Gasteiger partial charge in [-0.25, -0.2) is 9.80 Å². The minimum Gasteiger partial charge on any atom is -0.462 e. The number of hydrogen-bond donors (Lipinski definition) is 0. The smallest absolute Gasteiger partial charge is 0.346 e. The van der Waals surface area contributed by atoms with E-state index >= 15 is 0 Å². The summed E-state index contributed by atoms with van der Waals surface area (Å²) in [5, 5.41) is 6.80. The van der Waals surface area contributed by atoms with E-state index in [-0.39, 0.29) is 11.8 Å². The van der Waals surface area contributed by atoms with Gasteiger partial charge in [-0.1, -0.05) is 29.5 Å². The highest BCUT2D eigenvalue weighted by Crippen LogP contribution is 2.58. The molecule has 1 unspecified atom stereocenters. The van der Waals surface area contributed by atoms with Crippen LogP contribution >= 0.6 is 23.5 Å². The van der Waals surface area contributed by atoms with E-state index < -0.39 is 4.33 Å². The highest BCUT2D eigenvalue weighted by Gasteiger charge is 2.56. The Hall–Kier alpha value is -1.93. The number of allylic oxidation sites excluding steroid dienone is 1. The van der Waals surface area contributed by atoms with Gasteiger partial charge in [-0.15, -0.1) is 0 Å². The monoisotopic (exact) mass is 391 g/mol. The number of nitrogens with zero attached hydrogens (tertiary/aromatic N) is 3. The highest BCUT2D eigenvalue weighted by atomic mass is 32.2. The lowest BCUT2D eigenvalue weighted by molar-refractivity contribution is -0.137. The lowest BCUT2D eigenvalue weighted by Gasteiger charge is -2.39. The summed E-state index contributed by atoms with van der Waals surface area (Å²) in [4.78, 5) is 26.9. The van der Waals surface area contributed by atoms with Crippen LogP contribution in [-0.4, -0.2) is 39.7 Å². The van der Waals surface area contributed by atoms with Gasteiger partial charge in [0.1, 0.15) is 4.91 Å². The zero-order chi connectivity index (χ0) is 19.1. The second-order valence-electron chi connectivity index (χ2n) is 6.06. The van der Waals surface area contributed by atoms with Crippen molar-refractivity contribution in [3.05, 3.63) is 40.4 Å². The molecule has 1 spiro atoms. The van der Waals surface area contributed by atoms with E-state index in [1.54, 1.807) is 6.92 Å². The molecule has 6 nitrogen and oxygen atoms in total. The number of ether oxygens (including phenoxy) is 1. The molecular weight excluding hydrogens is 370 g/mol. The molecule has 1 atom stereocenters. The zero-order valence-corrected chi connectivity index (χ0v) is 17.0. The number of hydrogen-bond acceptors (Lipinski definition) is 8. The van der Waals surface area contributed by atoms with Crippen molar-refractivity contribution in [3.8, 4) is 0 Å². The van der Waals surface area contributed by atoms with Crippen LogP contribution in [0.15, 0.2) is 40.0 Å². The molecule has 8 heteroatoms. The number of esters is 1. The summed E-state index contributed by atoms with van der Waals surface area (Å²) in [6, 6.07) is 7.94. The molecule has 0 radical (unpaired) electrons. The molecule has 26 heavy (non-hydrogen) atoms. The third-order valence-electron chi connectivity index (χ3n) is 4.22. The normalized spacial score (nSPS) is 22.3. The minimum absolute atomic E-state index is 0.0970. The van der Waals surface area contributed by atoms with E-state index in [4.69, 9.17) is 4.74 Å². The summed E-state index contributed by atoms with van der Waals surface area (Å²) in [6.45, 7) is 7.51. The SMILES string of the molecule is CCOC(=O)C1=C(C)N(C)C2(SC(C(C)=O)=NN2c2ccc(C)cc2)S1. The second-order valence-corrected chi connectivity index (χ2v) is 8.66. The molecule has 3 rings (SSSR count). The van der Waals surface area contributed by atoms with E-state index in [9.17, 15) is 9.59 Å². The van der Waals surface area contributed by atoms with E-state index in [0.717, 1.165) is 16.9 Å². The van der Waals surface area contributed by atoms with Gasteiger partial charge < -0.3 is 9.64 Å². The molecule has 0 aliphatic carbocycles.